The van der Waals surface area contributed by atoms with E-state index in [4.69, 9.17) is 0 Å². The van der Waals surface area contributed by atoms with E-state index in [1.165, 1.54) is 18.2 Å². The molecule has 3 N–H and O–H groups in total. The first-order valence-electron chi connectivity index (χ1n) is 7.98. The normalized spacial score (nSPS) is 15.9. The SMILES string of the molecule is C[C@H]1C(=O)Nc2ccc(S(=O)(=O)NCC(=O)Nc3ccc(F)c(F)c3F)cc21. The van der Waals surface area contributed by atoms with Crippen molar-refractivity contribution in [1.29, 1.82) is 0 Å². The summed E-state index contributed by atoms with van der Waals surface area (Å²) in [6, 6.07) is 5.44. The lowest BCUT2D eigenvalue weighted by Crippen LogP contribution is -2.33. The Morgan fingerprint density at radius 3 is 2.57 bits per heavy atom. The molecule has 28 heavy (non-hydrogen) atoms. The lowest BCUT2D eigenvalue weighted by atomic mass is 10.0. The number of hydrogen-bond donors (Lipinski definition) is 3. The van der Waals surface area contributed by atoms with Crippen molar-refractivity contribution in [3.8, 4) is 0 Å². The Hall–Kier alpha value is -2.92. The molecule has 0 aliphatic carbocycles. The number of carbonyl (C=O) groups excluding carboxylic acids is 2. The van der Waals surface area contributed by atoms with Crippen molar-refractivity contribution >= 4 is 33.2 Å². The summed E-state index contributed by atoms with van der Waals surface area (Å²) in [7, 11) is -4.11. The molecule has 1 aliphatic heterocycles. The summed E-state index contributed by atoms with van der Waals surface area (Å²) in [4.78, 5) is 23.3. The molecule has 2 aromatic rings. The topological polar surface area (TPSA) is 104 Å². The summed E-state index contributed by atoms with van der Waals surface area (Å²) in [6.45, 7) is 0.847. The lowest BCUT2D eigenvalue weighted by molar-refractivity contribution is -0.117. The van der Waals surface area contributed by atoms with Gasteiger partial charge in [0.1, 0.15) is 0 Å². The molecule has 2 aromatic carbocycles. The van der Waals surface area contributed by atoms with E-state index >= 15 is 0 Å². The molecule has 0 unspecified atom stereocenters. The minimum absolute atomic E-state index is 0.165. The molecule has 0 spiro atoms. The number of halogens is 3. The molecule has 0 saturated carbocycles. The van der Waals surface area contributed by atoms with Crippen LogP contribution in [0, 0.1) is 17.5 Å². The number of sulfonamides is 1. The predicted molar refractivity (Wildman–Crippen MR) is 93.6 cm³/mol. The van der Waals surface area contributed by atoms with Gasteiger partial charge in [0.05, 0.1) is 23.0 Å². The van der Waals surface area contributed by atoms with Crippen LogP contribution in [0.15, 0.2) is 35.2 Å². The molecule has 7 nitrogen and oxygen atoms in total. The van der Waals surface area contributed by atoms with E-state index in [1.54, 1.807) is 6.92 Å². The fourth-order valence-electron chi connectivity index (χ4n) is 2.62. The number of benzene rings is 2. The third-order valence-corrected chi connectivity index (χ3v) is 5.58. The maximum absolute atomic E-state index is 13.6. The molecule has 148 valence electrons. The Labute approximate surface area is 158 Å². The van der Waals surface area contributed by atoms with Crippen molar-refractivity contribution in [2.45, 2.75) is 17.7 Å². The van der Waals surface area contributed by atoms with E-state index in [9.17, 15) is 31.2 Å². The number of fused-ring (bicyclic) bond motifs is 1. The summed E-state index contributed by atoms with van der Waals surface area (Å²) in [6.07, 6.45) is 0. The van der Waals surface area contributed by atoms with Gasteiger partial charge in [0, 0.05) is 5.69 Å². The largest absolute Gasteiger partial charge is 0.325 e. The van der Waals surface area contributed by atoms with Gasteiger partial charge in [0.2, 0.25) is 21.8 Å². The Kier molecular flexibility index (Phi) is 5.13. The first-order valence-corrected chi connectivity index (χ1v) is 9.46. The van der Waals surface area contributed by atoms with Crippen LogP contribution in [0.1, 0.15) is 18.4 Å². The van der Waals surface area contributed by atoms with Crippen molar-refractivity contribution in [2.75, 3.05) is 17.2 Å². The van der Waals surface area contributed by atoms with E-state index in [0.717, 1.165) is 6.07 Å². The Morgan fingerprint density at radius 2 is 1.86 bits per heavy atom. The number of amides is 2. The van der Waals surface area contributed by atoms with Gasteiger partial charge in [0.25, 0.3) is 0 Å². The van der Waals surface area contributed by atoms with Gasteiger partial charge < -0.3 is 10.6 Å². The van der Waals surface area contributed by atoms with Crippen LogP contribution in [0.5, 0.6) is 0 Å². The molecule has 1 heterocycles. The number of carbonyl (C=O) groups is 2. The van der Waals surface area contributed by atoms with Crippen molar-refractivity contribution in [3.63, 3.8) is 0 Å². The fourth-order valence-corrected chi connectivity index (χ4v) is 3.64. The second kappa shape index (κ2) is 7.24. The zero-order valence-corrected chi connectivity index (χ0v) is 15.2. The van der Waals surface area contributed by atoms with Gasteiger partial charge in [-0.05, 0) is 42.8 Å². The fraction of sp³-hybridized carbons (Fsp3) is 0.176. The highest BCUT2D eigenvalue weighted by Gasteiger charge is 2.28. The summed E-state index contributed by atoms with van der Waals surface area (Å²) in [5, 5.41) is 4.56. The van der Waals surface area contributed by atoms with Gasteiger partial charge in [0.15, 0.2) is 17.5 Å². The van der Waals surface area contributed by atoms with E-state index in [2.05, 4.69) is 5.32 Å². The second-order valence-corrected chi connectivity index (χ2v) is 7.82. The molecule has 1 atom stereocenters. The minimum atomic E-state index is -4.11. The summed E-state index contributed by atoms with van der Waals surface area (Å²) in [5.74, 6) is -6.54. The van der Waals surface area contributed by atoms with E-state index < -0.39 is 51.5 Å². The lowest BCUT2D eigenvalue weighted by Gasteiger charge is -2.10. The zero-order valence-electron chi connectivity index (χ0n) is 14.3. The van der Waals surface area contributed by atoms with Crippen LogP contribution in [-0.2, 0) is 19.6 Å². The van der Waals surface area contributed by atoms with Gasteiger partial charge >= 0.3 is 0 Å². The first kappa shape index (κ1) is 19.8. The van der Waals surface area contributed by atoms with E-state index in [-0.39, 0.29) is 10.8 Å². The first-order chi connectivity index (χ1) is 13.1. The summed E-state index contributed by atoms with van der Waals surface area (Å²) in [5.41, 5.74) is 0.378. The van der Waals surface area contributed by atoms with E-state index in [1.807, 2.05) is 10.0 Å². The Balaban J connectivity index is 1.70. The highest BCUT2D eigenvalue weighted by Crippen LogP contribution is 2.33. The number of rotatable bonds is 5. The Morgan fingerprint density at radius 1 is 1.14 bits per heavy atom. The molecule has 0 bridgehead atoms. The molecule has 11 heteroatoms. The monoisotopic (exact) mass is 413 g/mol. The molecule has 0 radical (unpaired) electrons. The second-order valence-electron chi connectivity index (χ2n) is 6.06. The van der Waals surface area contributed by atoms with Crippen LogP contribution in [0.4, 0.5) is 24.5 Å². The molecule has 0 fully saturated rings. The molecule has 3 rings (SSSR count). The van der Waals surface area contributed by atoms with Crippen LogP contribution in [0.3, 0.4) is 0 Å². The third kappa shape index (κ3) is 3.71. The van der Waals surface area contributed by atoms with Crippen LogP contribution >= 0.6 is 0 Å². The average molecular weight is 413 g/mol. The van der Waals surface area contributed by atoms with Crippen LogP contribution in [-0.4, -0.2) is 26.8 Å². The van der Waals surface area contributed by atoms with Crippen LogP contribution in [0.25, 0.3) is 0 Å². The van der Waals surface area contributed by atoms with Crippen molar-refractivity contribution in [3.05, 3.63) is 53.3 Å². The minimum Gasteiger partial charge on any atom is -0.325 e. The van der Waals surface area contributed by atoms with Crippen molar-refractivity contribution < 1.29 is 31.2 Å². The molecule has 0 aromatic heterocycles. The number of anilines is 2. The maximum atomic E-state index is 13.6. The molecule has 0 saturated heterocycles. The van der Waals surface area contributed by atoms with Gasteiger partial charge in [-0.1, -0.05) is 0 Å². The smallest absolute Gasteiger partial charge is 0.241 e. The molecule has 1 aliphatic rings. The standard InChI is InChI=1S/C17H14F3N3O4S/c1-8-10-6-9(2-4-12(10)23-17(8)25)28(26,27)21-7-14(24)22-13-5-3-11(18)15(19)16(13)20/h2-6,8,21H,7H2,1H3,(H,22,24)(H,23,25)/t8-/m1/s1. The van der Waals surface area contributed by atoms with Crippen molar-refractivity contribution in [2.24, 2.45) is 0 Å². The zero-order chi connectivity index (χ0) is 20.6. The molecular weight excluding hydrogens is 399 g/mol. The number of nitrogens with one attached hydrogen (secondary N) is 3. The molecule has 2 amide bonds. The highest BCUT2D eigenvalue weighted by molar-refractivity contribution is 7.89. The third-order valence-electron chi connectivity index (χ3n) is 4.18. The van der Waals surface area contributed by atoms with Gasteiger partial charge in [-0.2, -0.15) is 0 Å². The number of hydrogen-bond acceptors (Lipinski definition) is 4. The highest BCUT2D eigenvalue weighted by atomic mass is 32.2. The van der Waals surface area contributed by atoms with E-state index in [0.29, 0.717) is 17.3 Å². The van der Waals surface area contributed by atoms with Gasteiger partial charge in [-0.3, -0.25) is 9.59 Å². The summed E-state index contributed by atoms with van der Waals surface area (Å²) < 4.78 is 66.4. The average Bonchev–Trinajstić information content (AvgIpc) is 2.94. The van der Waals surface area contributed by atoms with Gasteiger partial charge in [-0.25, -0.2) is 26.3 Å². The predicted octanol–water partition coefficient (Wildman–Crippen LogP) is 2.08. The van der Waals surface area contributed by atoms with Crippen LogP contribution < -0.4 is 15.4 Å². The summed E-state index contributed by atoms with van der Waals surface area (Å²) >= 11 is 0. The van der Waals surface area contributed by atoms with Gasteiger partial charge in [-0.15, -0.1) is 0 Å². The van der Waals surface area contributed by atoms with Crippen LogP contribution in [0.2, 0.25) is 0 Å². The Bertz CT molecular complexity index is 1090. The quantitative estimate of drug-likeness (QED) is 0.653. The molecular formula is C17H14F3N3O4S. The maximum Gasteiger partial charge on any atom is 0.241 e. The van der Waals surface area contributed by atoms with Crippen molar-refractivity contribution in [1.82, 2.24) is 4.72 Å².